The zero-order valence-corrected chi connectivity index (χ0v) is 25.4. The van der Waals surface area contributed by atoms with E-state index < -0.39 is 0 Å². The summed E-state index contributed by atoms with van der Waals surface area (Å²) in [5.74, 6) is 0. The molecule has 0 aromatic heterocycles. The number of ether oxygens (including phenoxy) is 4. The molecular weight excluding hydrogens is 524 g/mol. The molecule has 4 aliphatic heterocycles. The Kier molecular flexibility index (Phi) is 7.30. The van der Waals surface area contributed by atoms with Crippen LogP contribution in [0.5, 0.6) is 0 Å². The zero-order chi connectivity index (χ0) is 28.9. The minimum Gasteiger partial charge on any atom is -0.371 e. The van der Waals surface area contributed by atoms with Crippen LogP contribution < -0.4 is 9.80 Å². The van der Waals surface area contributed by atoms with Crippen LogP contribution in [0.1, 0.15) is 49.9 Å². The lowest BCUT2D eigenvalue weighted by molar-refractivity contribution is 0.388. The van der Waals surface area contributed by atoms with Crippen molar-refractivity contribution in [3.05, 3.63) is 95.1 Å². The third-order valence-corrected chi connectivity index (χ3v) is 9.54. The normalized spacial score (nSPS) is 24.3. The SMILES string of the molecule is CC(C)(c1ccc(N(CC2CO2)CC2CO2)cc1)c1ccc(C(C)(C)c2ccc(N(CC3CO3)C[C@@H]3CO3)cc2)cc1. The molecule has 0 N–H and O–H groups in total. The molecule has 0 radical (unpaired) electrons. The fourth-order valence-electron chi connectivity index (χ4n) is 6.06. The lowest BCUT2D eigenvalue weighted by Gasteiger charge is -2.31. The van der Waals surface area contributed by atoms with Gasteiger partial charge in [-0.2, -0.15) is 0 Å². The summed E-state index contributed by atoms with van der Waals surface area (Å²) in [5.41, 5.74) is 7.55. The van der Waals surface area contributed by atoms with E-state index >= 15 is 0 Å². The Morgan fingerprint density at radius 1 is 0.452 bits per heavy atom. The predicted octanol–water partition coefficient (Wildman–Crippen LogP) is 5.55. The molecule has 0 spiro atoms. The highest BCUT2D eigenvalue weighted by Gasteiger charge is 2.33. The van der Waals surface area contributed by atoms with E-state index in [1.807, 2.05) is 0 Å². The molecule has 0 aliphatic carbocycles. The Hall–Kier alpha value is -2.90. The Labute approximate surface area is 250 Å². The number of anilines is 2. The molecular formula is C36H44N2O4. The summed E-state index contributed by atoms with van der Waals surface area (Å²) in [4.78, 5) is 4.83. The van der Waals surface area contributed by atoms with Gasteiger partial charge < -0.3 is 28.7 Å². The number of nitrogens with zero attached hydrogens (tertiary/aromatic N) is 2. The van der Waals surface area contributed by atoms with Gasteiger partial charge in [-0.25, -0.2) is 0 Å². The summed E-state index contributed by atoms with van der Waals surface area (Å²) in [7, 11) is 0. The van der Waals surface area contributed by atoms with Crippen molar-refractivity contribution in [3.8, 4) is 0 Å². The van der Waals surface area contributed by atoms with Crippen LogP contribution in [0.15, 0.2) is 72.8 Å². The summed E-state index contributed by atoms with van der Waals surface area (Å²) in [6.45, 7) is 16.5. The first-order chi connectivity index (χ1) is 20.3. The maximum absolute atomic E-state index is 5.51. The molecule has 222 valence electrons. The van der Waals surface area contributed by atoms with E-state index in [1.165, 1.54) is 33.6 Å². The fraction of sp³-hybridized carbons (Fsp3) is 0.500. The number of benzene rings is 3. The van der Waals surface area contributed by atoms with Gasteiger partial charge in [0, 0.05) is 48.4 Å². The van der Waals surface area contributed by atoms with Crippen molar-refractivity contribution in [3.63, 3.8) is 0 Å². The second-order valence-electron chi connectivity index (χ2n) is 13.6. The summed E-state index contributed by atoms with van der Waals surface area (Å²) >= 11 is 0. The molecule has 3 aromatic carbocycles. The third kappa shape index (κ3) is 6.37. The van der Waals surface area contributed by atoms with E-state index in [0.29, 0.717) is 24.4 Å². The summed E-state index contributed by atoms with van der Waals surface area (Å²) in [5, 5.41) is 0. The number of rotatable bonds is 14. The monoisotopic (exact) mass is 568 g/mol. The molecule has 4 atom stereocenters. The second-order valence-corrected chi connectivity index (χ2v) is 13.6. The van der Waals surface area contributed by atoms with Gasteiger partial charge in [0.2, 0.25) is 0 Å². The van der Waals surface area contributed by atoms with Gasteiger partial charge in [0.25, 0.3) is 0 Å². The van der Waals surface area contributed by atoms with Crippen molar-refractivity contribution < 1.29 is 18.9 Å². The van der Waals surface area contributed by atoms with Gasteiger partial charge in [0.05, 0.1) is 50.8 Å². The van der Waals surface area contributed by atoms with Gasteiger partial charge in [-0.1, -0.05) is 76.2 Å². The van der Waals surface area contributed by atoms with Crippen LogP contribution in [-0.2, 0) is 29.8 Å². The van der Waals surface area contributed by atoms with E-state index in [9.17, 15) is 0 Å². The van der Waals surface area contributed by atoms with Crippen LogP contribution in [0.3, 0.4) is 0 Å². The van der Waals surface area contributed by atoms with E-state index in [1.54, 1.807) is 0 Å². The number of hydrogen-bond donors (Lipinski definition) is 0. The fourth-order valence-corrected chi connectivity index (χ4v) is 6.06. The first-order valence-electron chi connectivity index (χ1n) is 15.5. The summed E-state index contributed by atoms with van der Waals surface area (Å²) in [6, 6.07) is 27.5. The van der Waals surface area contributed by atoms with Crippen molar-refractivity contribution in [2.24, 2.45) is 0 Å². The Bertz CT molecular complexity index is 1220. The van der Waals surface area contributed by atoms with Crippen LogP contribution in [0.4, 0.5) is 11.4 Å². The Morgan fingerprint density at radius 2 is 0.667 bits per heavy atom. The molecule has 42 heavy (non-hydrogen) atoms. The highest BCUT2D eigenvalue weighted by Crippen LogP contribution is 2.37. The molecule has 3 unspecified atom stereocenters. The van der Waals surface area contributed by atoms with Gasteiger partial charge in [-0.3, -0.25) is 0 Å². The molecule has 3 aromatic rings. The molecule has 6 heteroatoms. The summed E-state index contributed by atoms with van der Waals surface area (Å²) in [6.07, 6.45) is 1.44. The maximum atomic E-state index is 5.51. The van der Waals surface area contributed by atoms with Gasteiger partial charge in [0.15, 0.2) is 0 Å². The quantitative estimate of drug-likeness (QED) is 0.238. The number of hydrogen-bond acceptors (Lipinski definition) is 6. The highest BCUT2D eigenvalue weighted by atomic mass is 16.6. The predicted molar refractivity (Wildman–Crippen MR) is 167 cm³/mol. The molecule has 4 aliphatic rings. The van der Waals surface area contributed by atoms with Crippen molar-refractivity contribution in [1.29, 1.82) is 0 Å². The second kappa shape index (κ2) is 11.0. The van der Waals surface area contributed by atoms with Crippen molar-refractivity contribution in [2.45, 2.75) is 62.9 Å². The molecule has 6 nitrogen and oxygen atoms in total. The topological polar surface area (TPSA) is 56.6 Å². The average Bonchev–Trinajstić information content (AvgIpc) is 3.82. The van der Waals surface area contributed by atoms with E-state index in [4.69, 9.17) is 18.9 Å². The van der Waals surface area contributed by atoms with E-state index in [2.05, 4.69) is 110 Å². The van der Waals surface area contributed by atoms with Crippen LogP contribution in [-0.4, -0.2) is 77.0 Å². The largest absolute Gasteiger partial charge is 0.371 e. The molecule has 0 bridgehead atoms. The van der Waals surface area contributed by atoms with E-state index in [0.717, 1.165) is 52.6 Å². The smallest absolute Gasteiger partial charge is 0.0984 e. The lowest BCUT2D eigenvalue weighted by Crippen LogP contribution is -2.31. The molecule has 4 fully saturated rings. The van der Waals surface area contributed by atoms with Crippen molar-refractivity contribution in [1.82, 2.24) is 0 Å². The third-order valence-electron chi connectivity index (χ3n) is 9.54. The molecule has 0 saturated carbocycles. The van der Waals surface area contributed by atoms with Crippen molar-refractivity contribution in [2.75, 3.05) is 62.4 Å². The Balaban J connectivity index is 1.04. The molecule has 0 amide bonds. The van der Waals surface area contributed by atoms with Crippen LogP contribution in [0, 0.1) is 0 Å². The first kappa shape index (κ1) is 27.9. The van der Waals surface area contributed by atoms with Gasteiger partial charge in [-0.15, -0.1) is 0 Å². The summed E-state index contributed by atoms with van der Waals surface area (Å²) < 4.78 is 22.0. The molecule has 7 rings (SSSR count). The minimum atomic E-state index is -0.104. The molecule has 4 saturated heterocycles. The zero-order valence-electron chi connectivity index (χ0n) is 25.4. The van der Waals surface area contributed by atoms with Gasteiger partial charge >= 0.3 is 0 Å². The van der Waals surface area contributed by atoms with Crippen LogP contribution in [0.2, 0.25) is 0 Å². The molecule has 4 heterocycles. The van der Waals surface area contributed by atoms with Crippen LogP contribution >= 0.6 is 0 Å². The van der Waals surface area contributed by atoms with Gasteiger partial charge in [0.1, 0.15) is 0 Å². The minimum absolute atomic E-state index is 0.104. The highest BCUT2D eigenvalue weighted by molar-refractivity contribution is 5.53. The number of epoxide rings is 4. The first-order valence-corrected chi connectivity index (χ1v) is 15.5. The Morgan fingerprint density at radius 3 is 0.881 bits per heavy atom. The van der Waals surface area contributed by atoms with Gasteiger partial charge in [-0.05, 0) is 46.5 Å². The standard InChI is InChI=1S/C36H44N2O4/c1-35(2,27-9-13-29(14-10-27)37(17-31-21-39-31)18-32-22-40-32)25-5-7-26(8-6-25)36(3,4)28-11-15-30(16-12-28)38(19-33-23-41-33)20-34-24-42-34/h5-16,31-34H,17-24H2,1-4H3/t31-,32?,33?,34?/m1/s1. The van der Waals surface area contributed by atoms with Crippen LogP contribution in [0.25, 0.3) is 0 Å². The van der Waals surface area contributed by atoms with E-state index in [-0.39, 0.29) is 10.8 Å². The maximum Gasteiger partial charge on any atom is 0.0984 e. The lowest BCUT2D eigenvalue weighted by atomic mass is 9.74. The van der Waals surface area contributed by atoms with Crippen molar-refractivity contribution >= 4 is 11.4 Å². The average molecular weight is 569 g/mol.